The van der Waals surface area contributed by atoms with Crippen LogP contribution in [0.1, 0.15) is 35.3 Å². The van der Waals surface area contributed by atoms with Crippen LogP contribution in [0.15, 0.2) is 41.4 Å². The molecule has 1 aliphatic heterocycles. The number of amides is 2. The number of halogens is 1. The van der Waals surface area contributed by atoms with E-state index >= 15 is 0 Å². The summed E-state index contributed by atoms with van der Waals surface area (Å²) in [6.45, 7) is 1.58. The lowest BCUT2D eigenvalue weighted by Crippen LogP contribution is -2.39. The molecule has 0 fully saturated rings. The third-order valence-electron chi connectivity index (χ3n) is 4.68. The first-order chi connectivity index (χ1) is 16.4. The van der Waals surface area contributed by atoms with E-state index in [9.17, 15) is 14.4 Å². The Labute approximate surface area is 200 Å². The number of hydrazine groups is 1. The summed E-state index contributed by atoms with van der Waals surface area (Å²) in [5.74, 6) is 4.54. The topological polar surface area (TPSA) is 153 Å². The largest absolute Gasteiger partial charge is 0.466 e. The molecule has 0 saturated carbocycles. The molecule has 0 aromatic heterocycles. The summed E-state index contributed by atoms with van der Waals surface area (Å²) in [5.41, 5.74) is 3.54. The number of hydrogen-bond donors (Lipinski definition) is 4. The van der Waals surface area contributed by atoms with Crippen molar-refractivity contribution in [3.05, 3.63) is 52.5 Å². The highest BCUT2D eigenvalue weighted by atomic mass is 35.5. The standard InChI is InChI=1S/C22H24ClN5O6/c1-2-32-21(30)9-17(15-7-18-19(8-16(15)23)34-12-33-18)28-20(29)10-25-22(31)13-4-3-5-14(6-13)26-11-27-24/h3-8,11,17H,2,9-10,12,24H2,1H3,(H,25,31)(H,26,27)(H,28,29). The zero-order valence-electron chi connectivity index (χ0n) is 18.3. The van der Waals surface area contributed by atoms with Crippen molar-refractivity contribution in [3.8, 4) is 11.5 Å². The quantitative estimate of drug-likeness (QED) is 0.129. The van der Waals surface area contributed by atoms with Crippen LogP contribution in [-0.4, -0.2) is 44.1 Å². The molecule has 34 heavy (non-hydrogen) atoms. The summed E-state index contributed by atoms with van der Waals surface area (Å²) in [6.07, 6.45) is 1.11. The molecule has 0 bridgehead atoms. The van der Waals surface area contributed by atoms with Gasteiger partial charge in [0.05, 0.1) is 31.3 Å². The van der Waals surface area contributed by atoms with Gasteiger partial charge in [-0.3, -0.25) is 14.4 Å². The lowest BCUT2D eigenvalue weighted by molar-refractivity contribution is -0.143. The van der Waals surface area contributed by atoms with Gasteiger partial charge in [-0.05, 0) is 36.8 Å². The third kappa shape index (κ3) is 6.59. The molecule has 1 atom stereocenters. The number of ether oxygens (including phenoxy) is 3. The number of nitrogens with one attached hydrogen (secondary N) is 3. The summed E-state index contributed by atoms with van der Waals surface area (Å²) < 4.78 is 15.7. The lowest BCUT2D eigenvalue weighted by Gasteiger charge is -2.20. The first-order valence-corrected chi connectivity index (χ1v) is 10.7. The smallest absolute Gasteiger partial charge is 0.308 e. The van der Waals surface area contributed by atoms with Crippen LogP contribution in [-0.2, 0) is 14.3 Å². The monoisotopic (exact) mass is 489 g/mol. The van der Waals surface area contributed by atoms with Crippen LogP contribution in [0.5, 0.6) is 11.5 Å². The molecular formula is C22H24ClN5O6. The molecule has 2 aromatic carbocycles. The highest BCUT2D eigenvalue weighted by Gasteiger charge is 2.25. The SMILES string of the molecule is CCOC(=O)CC(NC(=O)CNC(=O)c1cccc(N=CNN)c1)c1cc2c(cc1Cl)OCO2. The number of esters is 1. The number of carbonyl (C=O) groups is 3. The molecule has 0 saturated heterocycles. The van der Waals surface area contributed by atoms with Gasteiger partial charge >= 0.3 is 5.97 Å². The highest BCUT2D eigenvalue weighted by Crippen LogP contribution is 2.39. The summed E-state index contributed by atoms with van der Waals surface area (Å²) >= 11 is 6.37. The van der Waals surface area contributed by atoms with Crippen LogP contribution in [0, 0.1) is 0 Å². The fraction of sp³-hybridized carbons (Fsp3) is 0.273. The van der Waals surface area contributed by atoms with Crippen molar-refractivity contribution < 1.29 is 28.6 Å². The van der Waals surface area contributed by atoms with Gasteiger partial charge < -0.3 is 30.3 Å². The van der Waals surface area contributed by atoms with Gasteiger partial charge in [0.1, 0.15) is 6.34 Å². The van der Waals surface area contributed by atoms with E-state index in [-0.39, 0.29) is 31.4 Å². The van der Waals surface area contributed by atoms with Crippen molar-refractivity contribution in [1.82, 2.24) is 16.1 Å². The summed E-state index contributed by atoms with van der Waals surface area (Å²) in [6, 6.07) is 8.81. The Balaban J connectivity index is 1.68. The Morgan fingerprint density at radius 3 is 2.74 bits per heavy atom. The molecule has 0 spiro atoms. The molecule has 3 rings (SSSR count). The second-order valence-corrected chi connectivity index (χ2v) is 7.42. The average molecular weight is 490 g/mol. The van der Waals surface area contributed by atoms with Crippen molar-refractivity contribution in [3.63, 3.8) is 0 Å². The molecule has 1 heterocycles. The lowest BCUT2D eigenvalue weighted by atomic mass is 10.0. The van der Waals surface area contributed by atoms with Gasteiger partial charge in [0.15, 0.2) is 11.5 Å². The van der Waals surface area contributed by atoms with E-state index in [1.54, 1.807) is 37.3 Å². The van der Waals surface area contributed by atoms with Crippen molar-refractivity contribution >= 4 is 41.4 Å². The molecule has 11 nitrogen and oxygen atoms in total. The number of carbonyl (C=O) groups excluding carboxylic acids is 3. The normalized spacial score (nSPS) is 12.8. The van der Waals surface area contributed by atoms with Crippen molar-refractivity contribution in [2.24, 2.45) is 10.8 Å². The molecule has 5 N–H and O–H groups in total. The number of hydrogen-bond acceptors (Lipinski definition) is 8. The van der Waals surface area contributed by atoms with Gasteiger partial charge in [-0.1, -0.05) is 17.7 Å². The molecular weight excluding hydrogens is 466 g/mol. The minimum absolute atomic E-state index is 0.0469. The molecule has 1 aliphatic rings. The van der Waals surface area contributed by atoms with Crippen LogP contribution in [0.2, 0.25) is 5.02 Å². The summed E-state index contributed by atoms with van der Waals surface area (Å²) in [7, 11) is 0. The van der Waals surface area contributed by atoms with Gasteiger partial charge in [-0.25, -0.2) is 10.8 Å². The number of fused-ring (bicyclic) bond motifs is 1. The Bertz CT molecular complexity index is 1090. The van der Waals surface area contributed by atoms with Crippen LogP contribution in [0.25, 0.3) is 0 Å². The minimum atomic E-state index is -0.813. The minimum Gasteiger partial charge on any atom is -0.466 e. The molecule has 2 amide bonds. The van der Waals surface area contributed by atoms with Crippen molar-refractivity contribution in [1.29, 1.82) is 0 Å². The maximum Gasteiger partial charge on any atom is 0.308 e. The fourth-order valence-electron chi connectivity index (χ4n) is 3.17. The maximum atomic E-state index is 12.6. The van der Waals surface area contributed by atoms with E-state index < -0.39 is 23.8 Å². The van der Waals surface area contributed by atoms with Crippen LogP contribution in [0.4, 0.5) is 5.69 Å². The molecule has 0 aliphatic carbocycles. The number of rotatable bonds is 10. The van der Waals surface area contributed by atoms with Crippen LogP contribution < -0.4 is 31.4 Å². The van der Waals surface area contributed by atoms with E-state index in [1.807, 2.05) is 0 Å². The van der Waals surface area contributed by atoms with Gasteiger partial charge in [0.25, 0.3) is 5.91 Å². The van der Waals surface area contributed by atoms with Crippen LogP contribution in [0.3, 0.4) is 0 Å². The Morgan fingerprint density at radius 1 is 1.24 bits per heavy atom. The number of nitrogens with zero attached hydrogens (tertiary/aromatic N) is 1. The van der Waals surface area contributed by atoms with Crippen molar-refractivity contribution in [2.45, 2.75) is 19.4 Å². The van der Waals surface area contributed by atoms with Crippen molar-refractivity contribution in [2.75, 3.05) is 19.9 Å². The predicted molar refractivity (Wildman–Crippen MR) is 124 cm³/mol. The van der Waals surface area contributed by atoms with E-state index in [0.717, 1.165) is 0 Å². The third-order valence-corrected chi connectivity index (χ3v) is 5.01. The van der Waals surface area contributed by atoms with Gasteiger partial charge in [0, 0.05) is 16.7 Å². The second kappa shape index (κ2) is 11.9. The molecule has 0 radical (unpaired) electrons. The molecule has 180 valence electrons. The number of aliphatic imine (C=N–C) groups is 1. The zero-order valence-corrected chi connectivity index (χ0v) is 19.1. The Kier molecular flexibility index (Phi) is 8.66. The Hall–Kier alpha value is -3.83. The van der Waals surface area contributed by atoms with Gasteiger partial charge in [0.2, 0.25) is 12.7 Å². The van der Waals surface area contributed by atoms with E-state index in [2.05, 4.69) is 21.1 Å². The van der Waals surface area contributed by atoms with E-state index in [4.69, 9.17) is 31.7 Å². The number of nitrogens with two attached hydrogens (primary N) is 1. The first-order valence-electron chi connectivity index (χ1n) is 10.3. The molecule has 12 heteroatoms. The fourth-order valence-corrected chi connectivity index (χ4v) is 3.46. The Morgan fingerprint density at radius 2 is 2.00 bits per heavy atom. The highest BCUT2D eigenvalue weighted by molar-refractivity contribution is 6.31. The van der Waals surface area contributed by atoms with Gasteiger partial charge in [-0.15, -0.1) is 0 Å². The van der Waals surface area contributed by atoms with E-state index in [1.165, 1.54) is 12.4 Å². The average Bonchev–Trinajstić information content (AvgIpc) is 3.27. The summed E-state index contributed by atoms with van der Waals surface area (Å²) in [4.78, 5) is 41.3. The van der Waals surface area contributed by atoms with E-state index in [0.29, 0.717) is 28.3 Å². The summed E-state index contributed by atoms with van der Waals surface area (Å²) in [5, 5.41) is 5.54. The van der Waals surface area contributed by atoms with Gasteiger partial charge in [-0.2, -0.15) is 0 Å². The molecule has 1 unspecified atom stereocenters. The van der Waals surface area contributed by atoms with Crippen LogP contribution >= 0.6 is 11.6 Å². The predicted octanol–water partition coefficient (Wildman–Crippen LogP) is 1.73. The molecule has 2 aromatic rings. The maximum absolute atomic E-state index is 12.6. The first kappa shape index (κ1) is 24.8. The second-order valence-electron chi connectivity index (χ2n) is 7.01. The zero-order chi connectivity index (χ0) is 24.5. The number of benzene rings is 2.